The number of halogens is 2. The van der Waals surface area contributed by atoms with Gasteiger partial charge in [0.15, 0.2) is 0 Å². The third-order valence-electron chi connectivity index (χ3n) is 4.80. The average Bonchev–Trinajstić information content (AvgIpc) is 3.26. The van der Waals surface area contributed by atoms with Gasteiger partial charge in [-0.3, -0.25) is 9.48 Å². The first kappa shape index (κ1) is 23.9. The summed E-state index contributed by atoms with van der Waals surface area (Å²) >= 11 is 1.61. The number of rotatable bonds is 4. The molecule has 1 amide bonds. The molecule has 1 saturated heterocycles. The molecule has 1 aliphatic rings. The summed E-state index contributed by atoms with van der Waals surface area (Å²) < 4.78 is 1.82. The van der Waals surface area contributed by atoms with Crippen LogP contribution >= 0.6 is 36.2 Å². The first-order valence-electron chi connectivity index (χ1n) is 8.81. The maximum absolute atomic E-state index is 13.2. The smallest absolute Gasteiger partial charge is 0.248 e. The summed E-state index contributed by atoms with van der Waals surface area (Å²) in [5.41, 5.74) is 0.467. The summed E-state index contributed by atoms with van der Waals surface area (Å²) in [4.78, 5) is 17.9. The highest BCUT2D eigenvalue weighted by molar-refractivity contribution is 7.09. The van der Waals surface area contributed by atoms with Gasteiger partial charge >= 0.3 is 0 Å². The standard InChI is InChI=1S/C18H27N5OS.2ClH/c1-13(15-22-14(12-25-15)17(2,3)4)21-16(24)18(6-9-19-10-7-18)23-11-5-8-20-23;;/h5,8,11-13,19H,6-7,9-10H2,1-4H3,(H,21,24);2*1H. The zero-order valence-electron chi connectivity index (χ0n) is 16.2. The molecular weight excluding hydrogens is 405 g/mol. The average molecular weight is 434 g/mol. The van der Waals surface area contributed by atoms with E-state index in [1.807, 2.05) is 23.9 Å². The van der Waals surface area contributed by atoms with Crippen molar-refractivity contribution in [1.82, 2.24) is 25.4 Å². The molecule has 0 spiro atoms. The first-order valence-corrected chi connectivity index (χ1v) is 9.69. The van der Waals surface area contributed by atoms with Gasteiger partial charge in [-0.05, 0) is 38.9 Å². The topological polar surface area (TPSA) is 71.8 Å². The van der Waals surface area contributed by atoms with Crippen molar-refractivity contribution in [2.45, 2.75) is 57.5 Å². The van der Waals surface area contributed by atoms with Gasteiger partial charge in [0.25, 0.3) is 0 Å². The Hall–Kier alpha value is -1.15. The number of thiazole rings is 1. The van der Waals surface area contributed by atoms with Crippen molar-refractivity contribution < 1.29 is 4.79 Å². The lowest BCUT2D eigenvalue weighted by Gasteiger charge is -2.37. The van der Waals surface area contributed by atoms with Crippen molar-refractivity contribution in [3.05, 3.63) is 34.5 Å². The summed E-state index contributed by atoms with van der Waals surface area (Å²) in [5.74, 6) is 0.0257. The predicted molar refractivity (Wildman–Crippen MR) is 114 cm³/mol. The lowest BCUT2D eigenvalue weighted by molar-refractivity contribution is -0.132. The van der Waals surface area contributed by atoms with E-state index in [0.29, 0.717) is 0 Å². The predicted octanol–water partition coefficient (Wildman–Crippen LogP) is 3.44. The molecule has 27 heavy (non-hydrogen) atoms. The van der Waals surface area contributed by atoms with Gasteiger partial charge in [0.2, 0.25) is 5.91 Å². The Kier molecular flexibility index (Phi) is 8.29. The van der Waals surface area contributed by atoms with E-state index in [4.69, 9.17) is 4.98 Å². The van der Waals surface area contributed by atoms with Crippen molar-refractivity contribution >= 4 is 42.1 Å². The van der Waals surface area contributed by atoms with Crippen LogP contribution in [0.4, 0.5) is 0 Å². The number of aromatic nitrogens is 3. The molecule has 9 heteroatoms. The van der Waals surface area contributed by atoms with Crippen LogP contribution in [0.5, 0.6) is 0 Å². The minimum absolute atomic E-state index is 0. The Morgan fingerprint density at radius 3 is 2.52 bits per heavy atom. The van der Waals surface area contributed by atoms with Gasteiger partial charge in [-0.2, -0.15) is 5.10 Å². The maximum atomic E-state index is 13.2. The molecule has 6 nitrogen and oxygen atoms in total. The van der Waals surface area contributed by atoms with Gasteiger partial charge in [0.05, 0.1) is 11.7 Å². The molecule has 1 fully saturated rings. The number of piperidine rings is 1. The summed E-state index contributed by atoms with van der Waals surface area (Å²) in [6.07, 6.45) is 5.09. The molecule has 152 valence electrons. The number of hydrogen-bond acceptors (Lipinski definition) is 5. The number of hydrogen-bond donors (Lipinski definition) is 2. The lowest BCUT2D eigenvalue weighted by Crippen LogP contribution is -2.55. The largest absolute Gasteiger partial charge is 0.345 e. The Morgan fingerprint density at radius 2 is 2.00 bits per heavy atom. The first-order chi connectivity index (χ1) is 11.8. The molecule has 0 saturated carbocycles. The van der Waals surface area contributed by atoms with E-state index in [-0.39, 0.29) is 42.2 Å². The van der Waals surface area contributed by atoms with E-state index in [9.17, 15) is 4.79 Å². The third-order valence-corrected chi connectivity index (χ3v) is 5.83. The van der Waals surface area contributed by atoms with Crippen LogP contribution in [0.2, 0.25) is 0 Å². The number of carbonyl (C=O) groups is 1. The van der Waals surface area contributed by atoms with Crippen molar-refractivity contribution in [3.8, 4) is 0 Å². The molecule has 1 atom stereocenters. The summed E-state index contributed by atoms with van der Waals surface area (Å²) in [6, 6.07) is 1.76. The minimum Gasteiger partial charge on any atom is -0.345 e. The van der Waals surface area contributed by atoms with E-state index < -0.39 is 5.54 Å². The molecule has 2 aromatic rings. The van der Waals surface area contributed by atoms with Crippen LogP contribution in [0.25, 0.3) is 0 Å². The summed E-state index contributed by atoms with van der Waals surface area (Å²) in [7, 11) is 0. The van der Waals surface area contributed by atoms with Crippen LogP contribution in [-0.2, 0) is 15.7 Å². The van der Waals surface area contributed by atoms with Gasteiger partial charge in [-0.1, -0.05) is 20.8 Å². The Labute approximate surface area is 177 Å². The molecule has 0 aromatic carbocycles. The Bertz CT molecular complexity index is 720. The number of carbonyl (C=O) groups excluding carboxylic acids is 1. The SMILES string of the molecule is CC(NC(=O)C1(n2cccn2)CCNCC1)c1nc(C(C)(C)C)cs1.Cl.Cl. The molecule has 2 aromatic heterocycles. The molecule has 0 radical (unpaired) electrons. The zero-order valence-corrected chi connectivity index (χ0v) is 18.6. The van der Waals surface area contributed by atoms with E-state index in [1.165, 1.54) is 0 Å². The second-order valence-electron chi connectivity index (χ2n) is 7.75. The fraction of sp³-hybridized carbons (Fsp3) is 0.611. The highest BCUT2D eigenvalue weighted by Gasteiger charge is 2.42. The molecular formula is C18H29Cl2N5OS. The van der Waals surface area contributed by atoms with E-state index in [1.54, 1.807) is 17.5 Å². The fourth-order valence-electron chi connectivity index (χ4n) is 3.15. The van der Waals surface area contributed by atoms with Crippen molar-refractivity contribution in [2.24, 2.45) is 0 Å². The van der Waals surface area contributed by atoms with Gasteiger partial charge in [-0.15, -0.1) is 36.2 Å². The fourth-order valence-corrected chi connectivity index (χ4v) is 4.20. The number of nitrogens with one attached hydrogen (secondary N) is 2. The highest BCUT2D eigenvalue weighted by atomic mass is 35.5. The Morgan fingerprint density at radius 1 is 1.33 bits per heavy atom. The van der Waals surface area contributed by atoms with Crippen LogP contribution in [0.3, 0.4) is 0 Å². The highest BCUT2D eigenvalue weighted by Crippen LogP contribution is 2.30. The van der Waals surface area contributed by atoms with E-state index in [0.717, 1.165) is 36.6 Å². The molecule has 0 bridgehead atoms. The summed E-state index contributed by atoms with van der Waals surface area (Å²) in [6.45, 7) is 10.1. The van der Waals surface area contributed by atoms with Crippen LogP contribution < -0.4 is 10.6 Å². The molecule has 1 aliphatic heterocycles. The van der Waals surface area contributed by atoms with Crippen molar-refractivity contribution in [1.29, 1.82) is 0 Å². The molecule has 1 unspecified atom stereocenters. The summed E-state index contributed by atoms with van der Waals surface area (Å²) in [5, 5.41) is 13.9. The second-order valence-corrected chi connectivity index (χ2v) is 8.64. The normalized spacial score (nSPS) is 17.3. The quantitative estimate of drug-likeness (QED) is 0.774. The second kappa shape index (κ2) is 9.37. The molecule has 0 aliphatic carbocycles. The number of amides is 1. The Balaban J connectivity index is 0.00000182. The monoisotopic (exact) mass is 433 g/mol. The van der Waals surface area contributed by atoms with Crippen molar-refractivity contribution in [3.63, 3.8) is 0 Å². The van der Waals surface area contributed by atoms with E-state index in [2.05, 4.69) is 41.9 Å². The van der Waals surface area contributed by atoms with Crippen molar-refractivity contribution in [2.75, 3.05) is 13.1 Å². The van der Waals surface area contributed by atoms with Crippen LogP contribution in [0.1, 0.15) is 57.3 Å². The van der Waals surface area contributed by atoms with Crippen LogP contribution in [-0.4, -0.2) is 33.8 Å². The van der Waals surface area contributed by atoms with Gasteiger partial charge in [0.1, 0.15) is 10.5 Å². The molecule has 3 rings (SSSR count). The zero-order chi connectivity index (χ0) is 18.1. The third kappa shape index (κ3) is 5.02. The van der Waals surface area contributed by atoms with Crippen LogP contribution in [0, 0.1) is 0 Å². The molecule has 2 N–H and O–H groups in total. The minimum atomic E-state index is -0.618. The van der Waals surface area contributed by atoms with Gasteiger partial charge in [-0.25, -0.2) is 4.98 Å². The molecule has 3 heterocycles. The maximum Gasteiger partial charge on any atom is 0.248 e. The number of nitrogens with zero attached hydrogens (tertiary/aromatic N) is 3. The lowest BCUT2D eigenvalue weighted by atomic mass is 9.87. The van der Waals surface area contributed by atoms with Crippen LogP contribution in [0.15, 0.2) is 23.8 Å². The van der Waals surface area contributed by atoms with Gasteiger partial charge in [0, 0.05) is 23.2 Å². The van der Waals surface area contributed by atoms with Gasteiger partial charge < -0.3 is 10.6 Å². The van der Waals surface area contributed by atoms with E-state index >= 15 is 0 Å².